The average Bonchev–Trinajstić information content (AvgIpc) is 4.09. The predicted octanol–water partition coefficient (Wildman–Crippen LogP) is 6.20. The van der Waals surface area contributed by atoms with Gasteiger partial charge in [0.25, 0.3) is 5.92 Å². The first-order valence-corrected chi connectivity index (χ1v) is 22.6. The molecule has 1 N–H and O–H groups in total. The zero-order chi connectivity index (χ0) is 42.8. The minimum atomic E-state index is -3.91. The summed E-state index contributed by atoms with van der Waals surface area (Å²) in [6.45, 7) is 8.64. The number of hydrogen-bond donors (Lipinski definition) is 1. The fourth-order valence-corrected chi connectivity index (χ4v) is 10.8. The van der Waals surface area contributed by atoms with E-state index in [9.17, 15) is 36.4 Å². The first-order valence-electron chi connectivity index (χ1n) is 21.1. The first-order chi connectivity index (χ1) is 28.4. The van der Waals surface area contributed by atoms with Gasteiger partial charge in [-0.05, 0) is 85.6 Å². The van der Waals surface area contributed by atoms with Crippen LogP contribution in [0.4, 0.5) is 8.78 Å². The lowest BCUT2D eigenvalue weighted by atomic mass is 9.77. The molecule has 12 nitrogen and oxygen atoms in total. The van der Waals surface area contributed by atoms with Crippen LogP contribution in [0.15, 0.2) is 55.3 Å². The Morgan fingerprint density at radius 2 is 1.87 bits per heavy atom. The number of nitrogens with one attached hydrogen (secondary N) is 1. The molecule has 15 heteroatoms. The lowest BCUT2D eigenvalue weighted by molar-refractivity contribution is -0.151. The number of fused-ring (bicyclic) bond motifs is 3. The molecule has 8 rings (SSSR count). The van der Waals surface area contributed by atoms with Crippen LogP contribution >= 0.6 is 0 Å². The highest BCUT2D eigenvalue weighted by molar-refractivity contribution is 7.90. The second-order valence-corrected chi connectivity index (χ2v) is 20.5. The number of allylic oxidation sites excluding steroid dienone is 1. The molecule has 60 heavy (non-hydrogen) atoms. The Labute approximate surface area is 349 Å². The van der Waals surface area contributed by atoms with Crippen molar-refractivity contribution in [2.75, 3.05) is 19.6 Å². The minimum Gasteiger partial charge on any atom is -0.488 e. The molecule has 1 aromatic carbocycles. The van der Waals surface area contributed by atoms with Gasteiger partial charge in [0.1, 0.15) is 11.9 Å². The number of amides is 3. The Kier molecular flexibility index (Phi) is 10.9. The molecule has 0 spiro atoms. The fourth-order valence-electron chi connectivity index (χ4n) is 9.44. The number of alkyl halides is 2. The standard InChI is InChI=1S/C45H53F2N5O7S/c1-5-28-23-44(28,42(56)50-60(57,58)30-14-15-30)24-37(53)36-20-29(25-52(36)41(55)33(43(2,3)4)21-39(54)51-19-9-17-45(46,47)26-51)59-38-22-35(34-12-6-7-18-48-34)49-40-31-11-8-10-27(31)13-16-32(38)40/h5-7,12-13,16,18,22,28-30,33,36H,1,8-11,14-15,17,19-21,23-26H2,2-4H3,(H,50,56)/t28-,29-,33-,36+,44-/m1/s1. The molecule has 320 valence electrons. The van der Waals surface area contributed by atoms with Crippen molar-refractivity contribution in [3.63, 3.8) is 0 Å². The molecule has 2 saturated carbocycles. The molecule has 3 aliphatic carbocycles. The van der Waals surface area contributed by atoms with E-state index in [2.05, 4.69) is 22.4 Å². The quantitative estimate of drug-likeness (QED) is 0.198. The zero-order valence-electron chi connectivity index (χ0n) is 34.4. The number of nitrogens with zero attached hydrogens (tertiary/aromatic N) is 4. The number of pyridine rings is 2. The maximum absolute atomic E-state index is 14.9. The Bertz CT molecular complexity index is 2350. The van der Waals surface area contributed by atoms with Crippen molar-refractivity contribution in [1.29, 1.82) is 0 Å². The number of carbonyl (C=O) groups is 4. The van der Waals surface area contributed by atoms with Crippen LogP contribution in [0.25, 0.3) is 22.3 Å². The molecule has 0 unspecified atom stereocenters. The molecule has 4 heterocycles. The Morgan fingerprint density at radius 1 is 1.08 bits per heavy atom. The SMILES string of the molecule is C=C[C@@H]1C[C@]1(CC(=O)[C@@H]1C[C@@H](Oc2cc(-c3ccccn3)nc3c4c(ccc23)CCC4)CN1C(=O)[C@@H](CC(=O)N1CCCC(F)(F)C1)C(C)(C)C)C(=O)NS(=O)(=O)C1CC1. The van der Waals surface area contributed by atoms with Crippen LogP contribution in [0.5, 0.6) is 5.75 Å². The number of carbonyl (C=O) groups excluding carboxylic acids is 4. The van der Waals surface area contributed by atoms with Gasteiger partial charge in [0.2, 0.25) is 27.7 Å². The van der Waals surface area contributed by atoms with E-state index in [0.29, 0.717) is 30.0 Å². The Balaban J connectivity index is 1.12. The minimum absolute atomic E-state index is 0.0361. The summed E-state index contributed by atoms with van der Waals surface area (Å²) in [5.41, 5.74) is 2.24. The number of Topliss-reactive ketones (excluding diaryl/α,β-unsaturated/α-hetero) is 1. The monoisotopic (exact) mass is 845 g/mol. The van der Waals surface area contributed by atoms with Crippen molar-refractivity contribution < 1.29 is 41.1 Å². The van der Waals surface area contributed by atoms with Crippen LogP contribution in [0.3, 0.4) is 0 Å². The van der Waals surface area contributed by atoms with Crippen molar-refractivity contribution in [3.8, 4) is 17.1 Å². The third-order valence-electron chi connectivity index (χ3n) is 13.2. The summed E-state index contributed by atoms with van der Waals surface area (Å²) >= 11 is 0. The summed E-state index contributed by atoms with van der Waals surface area (Å²) < 4.78 is 63.6. The van der Waals surface area contributed by atoms with Crippen LogP contribution in [0.2, 0.25) is 0 Å². The highest BCUT2D eigenvalue weighted by Crippen LogP contribution is 2.57. The normalized spacial score (nSPS) is 25.4. The number of ketones is 1. The van der Waals surface area contributed by atoms with Crippen molar-refractivity contribution in [2.45, 2.75) is 115 Å². The maximum atomic E-state index is 14.9. The second kappa shape index (κ2) is 15.6. The van der Waals surface area contributed by atoms with E-state index in [1.807, 2.05) is 30.3 Å². The van der Waals surface area contributed by atoms with Crippen LogP contribution < -0.4 is 9.46 Å². The molecular weight excluding hydrogens is 793 g/mol. The molecule has 5 aliphatic rings. The van der Waals surface area contributed by atoms with Gasteiger partial charge < -0.3 is 14.5 Å². The summed E-state index contributed by atoms with van der Waals surface area (Å²) in [6.07, 6.45) is 5.66. The fraction of sp³-hybridized carbons (Fsp3) is 0.556. The smallest absolute Gasteiger partial charge is 0.265 e. The number of ether oxygens (including phenoxy) is 1. The van der Waals surface area contributed by atoms with Gasteiger partial charge in [-0.3, -0.25) is 28.9 Å². The molecule has 5 atom stereocenters. The van der Waals surface area contributed by atoms with Gasteiger partial charge in [0.15, 0.2) is 5.78 Å². The van der Waals surface area contributed by atoms with E-state index < -0.39 is 86.1 Å². The number of sulfonamides is 1. The Hall–Kier alpha value is -4.79. The van der Waals surface area contributed by atoms with Crippen LogP contribution in [-0.2, 0) is 42.0 Å². The van der Waals surface area contributed by atoms with Crippen molar-refractivity contribution in [1.82, 2.24) is 24.5 Å². The second-order valence-electron chi connectivity index (χ2n) is 18.6. The summed E-state index contributed by atoms with van der Waals surface area (Å²) in [7, 11) is -3.91. The predicted molar refractivity (Wildman–Crippen MR) is 220 cm³/mol. The number of likely N-dealkylation sites (tertiary alicyclic amines) is 2. The summed E-state index contributed by atoms with van der Waals surface area (Å²) in [6, 6.07) is 10.3. The van der Waals surface area contributed by atoms with E-state index >= 15 is 0 Å². The summed E-state index contributed by atoms with van der Waals surface area (Å²) in [5, 5.41) is 0.131. The molecule has 2 aliphatic heterocycles. The van der Waals surface area contributed by atoms with Gasteiger partial charge in [-0.25, -0.2) is 22.2 Å². The van der Waals surface area contributed by atoms with Crippen LogP contribution in [0.1, 0.15) is 89.7 Å². The summed E-state index contributed by atoms with van der Waals surface area (Å²) in [5.74, 6) is -6.22. The number of piperidine rings is 1. The van der Waals surface area contributed by atoms with Gasteiger partial charge in [-0.2, -0.15) is 0 Å². The van der Waals surface area contributed by atoms with Crippen molar-refractivity contribution in [2.24, 2.45) is 22.7 Å². The maximum Gasteiger partial charge on any atom is 0.265 e. The van der Waals surface area contributed by atoms with Crippen molar-refractivity contribution >= 4 is 44.4 Å². The van der Waals surface area contributed by atoms with E-state index in [1.165, 1.54) is 10.5 Å². The van der Waals surface area contributed by atoms with E-state index in [1.54, 1.807) is 33.0 Å². The summed E-state index contributed by atoms with van der Waals surface area (Å²) in [4.78, 5) is 69.2. The van der Waals surface area contributed by atoms with E-state index in [4.69, 9.17) is 9.72 Å². The van der Waals surface area contributed by atoms with E-state index in [0.717, 1.165) is 40.6 Å². The van der Waals surface area contributed by atoms with Crippen LogP contribution in [0, 0.1) is 22.7 Å². The molecule has 3 amide bonds. The number of hydrogen-bond acceptors (Lipinski definition) is 9. The van der Waals surface area contributed by atoms with Crippen LogP contribution in [-0.4, -0.2) is 94.6 Å². The lowest BCUT2D eigenvalue weighted by Crippen LogP contribution is -2.51. The molecular formula is C45H53F2N5O7S. The first kappa shape index (κ1) is 41.9. The third kappa shape index (κ3) is 8.30. The number of aromatic nitrogens is 2. The Morgan fingerprint density at radius 3 is 2.53 bits per heavy atom. The highest BCUT2D eigenvalue weighted by atomic mass is 32.2. The van der Waals surface area contributed by atoms with Crippen molar-refractivity contribution in [3.05, 3.63) is 66.4 Å². The molecule has 0 bridgehead atoms. The number of halogens is 2. The molecule has 4 fully saturated rings. The van der Waals surface area contributed by atoms with Gasteiger partial charge in [0.05, 0.1) is 52.6 Å². The third-order valence-corrected chi connectivity index (χ3v) is 15.0. The average molecular weight is 846 g/mol. The number of aryl methyl sites for hydroxylation is 2. The molecule has 3 aromatic rings. The van der Waals surface area contributed by atoms with Gasteiger partial charge in [-0.1, -0.05) is 39.0 Å². The van der Waals surface area contributed by atoms with E-state index in [-0.39, 0.29) is 51.6 Å². The highest BCUT2D eigenvalue weighted by Gasteiger charge is 2.61. The van der Waals surface area contributed by atoms with Gasteiger partial charge in [0, 0.05) is 49.9 Å². The zero-order valence-corrected chi connectivity index (χ0v) is 35.2. The molecule has 0 radical (unpaired) electrons. The number of benzene rings is 1. The van der Waals surface area contributed by atoms with Gasteiger partial charge >= 0.3 is 0 Å². The molecule has 2 aromatic heterocycles. The largest absolute Gasteiger partial charge is 0.488 e. The topological polar surface area (TPSA) is 156 Å². The van der Waals surface area contributed by atoms with Gasteiger partial charge in [-0.15, -0.1) is 6.58 Å². The lowest BCUT2D eigenvalue weighted by Gasteiger charge is -2.37. The molecule has 2 saturated heterocycles. The number of rotatable bonds is 13.